The van der Waals surface area contributed by atoms with Gasteiger partial charge in [0.2, 0.25) is 0 Å². The molecule has 3 heteroatoms. The van der Waals surface area contributed by atoms with E-state index >= 15 is 0 Å². The lowest BCUT2D eigenvalue weighted by molar-refractivity contribution is 0.0660. The molecule has 0 spiro atoms. The Hall–Kier alpha value is -0.800. The molecule has 0 aliphatic carbocycles. The average molecular weight is 268 g/mol. The summed E-state index contributed by atoms with van der Waals surface area (Å²) in [5, 5.41) is 3.40. The molecule has 0 amide bonds. The lowest BCUT2D eigenvalue weighted by Gasteiger charge is -2.12. The highest BCUT2D eigenvalue weighted by Crippen LogP contribution is 2.04. The molecule has 112 valence electrons. The highest BCUT2D eigenvalue weighted by Gasteiger charge is 2.00. The monoisotopic (exact) mass is 268 g/mol. The molecule has 0 aromatic heterocycles. The first kappa shape index (κ1) is 18.2. The fourth-order valence-electron chi connectivity index (χ4n) is 1.70. The summed E-state index contributed by atoms with van der Waals surface area (Å²) in [6.07, 6.45) is 11.0. The van der Waals surface area contributed by atoms with Crippen LogP contribution in [0.5, 0.6) is 0 Å². The van der Waals surface area contributed by atoms with Crippen LogP contribution in [-0.4, -0.2) is 25.8 Å². The van der Waals surface area contributed by atoms with E-state index in [0.29, 0.717) is 0 Å². The Balaban J connectivity index is 3.74. The van der Waals surface area contributed by atoms with Crippen LogP contribution in [0.25, 0.3) is 0 Å². The lowest BCUT2D eigenvalue weighted by atomic mass is 10.2. The first-order valence-electron chi connectivity index (χ1n) is 7.62. The van der Waals surface area contributed by atoms with Crippen LogP contribution < -0.4 is 11.1 Å². The third-order valence-corrected chi connectivity index (χ3v) is 3.00. The zero-order valence-corrected chi connectivity index (χ0v) is 12.8. The Morgan fingerprint density at radius 2 is 2.11 bits per heavy atom. The van der Waals surface area contributed by atoms with Gasteiger partial charge in [0.15, 0.2) is 0 Å². The van der Waals surface area contributed by atoms with Crippen molar-refractivity contribution in [3.8, 4) is 0 Å². The molecule has 0 fully saturated rings. The molecule has 1 unspecified atom stereocenters. The summed E-state index contributed by atoms with van der Waals surface area (Å²) >= 11 is 0. The molecule has 0 radical (unpaired) electrons. The topological polar surface area (TPSA) is 47.3 Å². The minimum Gasteiger partial charge on any atom is -0.385 e. The van der Waals surface area contributed by atoms with E-state index in [9.17, 15) is 0 Å². The molecule has 0 rings (SSSR count). The van der Waals surface area contributed by atoms with Crippen LogP contribution in [0, 0.1) is 0 Å². The second kappa shape index (κ2) is 13.6. The second-order valence-electron chi connectivity index (χ2n) is 4.91. The van der Waals surface area contributed by atoms with Crippen LogP contribution in [0.3, 0.4) is 0 Å². The largest absolute Gasteiger partial charge is 0.385 e. The molecule has 0 aromatic carbocycles. The van der Waals surface area contributed by atoms with E-state index in [2.05, 4.69) is 31.8 Å². The number of nitrogens with one attached hydrogen (secondary N) is 1. The normalized spacial score (nSPS) is 13.3. The van der Waals surface area contributed by atoms with Gasteiger partial charge in [0.1, 0.15) is 0 Å². The van der Waals surface area contributed by atoms with Crippen LogP contribution in [0.15, 0.2) is 24.4 Å². The van der Waals surface area contributed by atoms with E-state index in [0.717, 1.165) is 51.1 Å². The Bertz CT molecular complexity index is 239. The molecule has 0 aromatic rings. The molecular weight excluding hydrogens is 236 g/mol. The third-order valence-electron chi connectivity index (χ3n) is 3.00. The van der Waals surface area contributed by atoms with Gasteiger partial charge in [0.05, 0.1) is 6.10 Å². The first-order valence-corrected chi connectivity index (χ1v) is 7.62. The minimum absolute atomic E-state index is 0.278. The number of nitrogens with two attached hydrogens (primary N) is 1. The van der Waals surface area contributed by atoms with Crippen molar-refractivity contribution in [2.45, 2.75) is 58.5 Å². The van der Waals surface area contributed by atoms with Gasteiger partial charge in [0, 0.05) is 18.8 Å². The number of unbranched alkanes of at least 4 members (excludes halogenated alkanes) is 3. The molecule has 0 saturated carbocycles. The van der Waals surface area contributed by atoms with Gasteiger partial charge in [0.25, 0.3) is 0 Å². The standard InChI is InChI=1S/C16H32N2O/c1-4-6-14-19-15(3)10-11-16(5-2)18-13-9-7-8-12-17/h5,11,15,18H,2,4,6-10,12-14,17H2,1,3H3/b16-11+. The van der Waals surface area contributed by atoms with E-state index in [4.69, 9.17) is 10.5 Å². The fourth-order valence-corrected chi connectivity index (χ4v) is 1.70. The van der Waals surface area contributed by atoms with Gasteiger partial charge >= 0.3 is 0 Å². The predicted octanol–water partition coefficient (Wildman–Crippen LogP) is 3.37. The van der Waals surface area contributed by atoms with Gasteiger partial charge < -0.3 is 15.8 Å². The van der Waals surface area contributed by atoms with Crippen molar-refractivity contribution in [3.05, 3.63) is 24.4 Å². The summed E-state index contributed by atoms with van der Waals surface area (Å²) in [6, 6.07) is 0. The zero-order valence-electron chi connectivity index (χ0n) is 12.8. The SMILES string of the molecule is C=C/C(=C\CC(C)OCCCC)NCCCCCN. The zero-order chi connectivity index (χ0) is 14.3. The Morgan fingerprint density at radius 3 is 2.74 bits per heavy atom. The van der Waals surface area contributed by atoms with Crippen LogP contribution in [-0.2, 0) is 4.74 Å². The highest BCUT2D eigenvalue weighted by molar-refractivity contribution is 5.13. The number of hydrogen-bond acceptors (Lipinski definition) is 3. The van der Waals surface area contributed by atoms with Crippen molar-refractivity contribution in [2.75, 3.05) is 19.7 Å². The maximum atomic E-state index is 5.71. The fraction of sp³-hybridized carbons (Fsp3) is 0.750. The summed E-state index contributed by atoms with van der Waals surface area (Å²) in [5.74, 6) is 0. The summed E-state index contributed by atoms with van der Waals surface area (Å²) in [4.78, 5) is 0. The number of allylic oxidation sites excluding steroid dienone is 1. The summed E-state index contributed by atoms with van der Waals surface area (Å²) in [7, 11) is 0. The van der Waals surface area contributed by atoms with Crippen LogP contribution in [0.4, 0.5) is 0 Å². The molecular formula is C16H32N2O. The van der Waals surface area contributed by atoms with Crippen molar-refractivity contribution >= 4 is 0 Å². The van der Waals surface area contributed by atoms with Gasteiger partial charge in [-0.2, -0.15) is 0 Å². The van der Waals surface area contributed by atoms with E-state index in [1.165, 1.54) is 12.8 Å². The van der Waals surface area contributed by atoms with Gasteiger partial charge in [-0.1, -0.05) is 32.4 Å². The minimum atomic E-state index is 0.278. The number of ether oxygens (including phenoxy) is 1. The molecule has 0 aliphatic heterocycles. The first-order chi connectivity index (χ1) is 9.24. The van der Waals surface area contributed by atoms with Gasteiger partial charge in [-0.05, 0) is 45.2 Å². The summed E-state index contributed by atoms with van der Waals surface area (Å²) in [6.45, 7) is 10.8. The lowest BCUT2D eigenvalue weighted by Crippen LogP contribution is -2.15. The van der Waals surface area contributed by atoms with Crippen LogP contribution in [0.2, 0.25) is 0 Å². The van der Waals surface area contributed by atoms with E-state index in [-0.39, 0.29) is 6.10 Å². The molecule has 0 bridgehead atoms. The Labute approximate surface area is 119 Å². The molecule has 0 aliphatic rings. The highest BCUT2D eigenvalue weighted by atomic mass is 16.5. The van der Waals surface area contributed by atoms with Crippen molar-refractivity contribution in [2.24, 2.45) is 5.73 Å². The van der Waals surface area contributed by atoms with E-state index in [1.54, 1.807) is 0 Å². The Morgan fingerprint density at radius 1 is 1.32 bits per heavy atom. The van der Waals surface area contributed by atoms with Crippen molar-refractivity contribution in [1.82, 2.24) is 5.32 Å². The van der Waals surface area contributed by atoms with Crippen LogP contribution in [0.1, 0.15) is 52.4 Å². The quantitative estimate of drug-likeness (QED) is 0.398. The second-order valence-corrected chi connectivity index (χ2v) is 4.91. The molecule has 0 heterocycles. The van der Waals surface area contributed by atoms with Crippen LogP contribution >= 0.6 is 0 Å². The summed E-state index contributed by atoms with van der Waals surface area (Å²) < 4.78 is 5.71. The molecule has 0 saturated heterocycles. The van der Waals surface area contributed by atoms with E-state index in [1.807, 2.05) is 6.08 Å². The van der Waals surface area contributed by atoms with Gasteiger partial charge in [-0.3, -0.25) is 0 Å². The number of hydrogen-bond donors (Lipinski definition) is 2. The molecule has 1 atom stereocenters. The van der Waals surface area contributed by atoms with Crippen molar-refractivity contribution < 1.29 is 4.74 Å². The smallest absolute Gasteiger partial charge is 0.0582 e. The van der Waals surface area contributed by atoms with Crippen molar-refractivity contribution in [1.29, 1.82) is 0 Å². The van der Waals surface area contributed by atoms with E-state index < -0.39 is 0 Å². The third kappa shape index (κ3) is 12.0. The van der Waals surface area contributed by atoms with Gasteiger partial charge in [-0.25, -0.2) is 0 Å². The predicted molar refractivity (Wildman–Crippen MR) is 84.1 cm³/mol. The van der Waals surface area contributed by atoms with Crippen molar-refractivity contribution in [3.63, 3.8) is 0 Å². The maximum Gasteiger partial charge on any atom is 0.0582 e. The molecule has 19 heavy (non-hydrogen) atoms. The molecule has 3 nitrogen and oxygen atoms in total. The summed E-state index contributed by atoms with van der Waals surface area (Å²) in [5.41, 5.74) is 6.58. The number of rotatable bonds is 13. The maximum absolute atomic E-state index is 5.71. The molecule has 3 N–H and O–H groups in total. The Kier molecular flexibility index (Phi) is 13.1. The average Bonchev–Trinajstić information content (AvgIpc) is 2.42. The van der Waals surface area contributed by atoms with Gasteiger partial charge in [-0.15, -0.1) is 0 Å².